The number of carbonyl (C=O) groups is 2. The molecule has 0 saturated heterocycles. The molecule has 0 atom stereocenters. The lowest BCUT2D eigenvalue weighted by Gasteiger charge is -2.12. The number of hydrogen-bond donors (Lipinski definition) is 2. The molecule has 1 aromatic carbocycles. The van der Waals surface area contributed by atoms with Crippen molar-refractivity contribution in [1.29, 1.82) is 0 Å². The van der Waals surface area contributed by atoms with Crippen molar-refractivity contribution < 1.29 is 14.3 Å². The molecule has 0 radical (unpaired) electrons. The van der Waals surface area contributed by atoms with Crippen molar-refractivity contribution in [2.75, 3.05) is 13.2 Å². The highest BCUT2D eigenvalue weighted by Crippen LogP contribution is 2.17. The minimum atomic E-state index is -0.244. The lowest BCUT2D eigenvalue weighted by Crippen LogP contribution is -2.40. The van der Waals surface area contributed by atoms with Crippen molar-refractivity contribution in [3.8, 4) is 5.75 Å². The fourth-order valence-corrected chi connectivity index (χ4v) is 2.65. The predicted molar refractivity (Wildman–Crippen MR) is 89.6 cm³/mol. The molecule has 1 saturated carbocycles. The third-order valence-electron chi connectivity index (χ3n) is 4.01. The summed E-state index contributed by atoms with van der Waals surface area (Å²) >= 11 is 0. The van der Waals surface area contributed by atoms with E-state index < -0.39 is 0 Å². The summed E-state index contributed by atoms with van der Waals surface area (Å²) in [6.07, 6.45) is 6.52. The van der Waals surface area contributed by atoms with Crippen LogP contribution in [0, 0.1) is 0 Å². The maximum atomic E-state index is 12.0. The van der Waals surface area contributed by atoms with E-state index in [0.29, 0.717) is 12.2 Å². The van der Waals surface area contributed by atoms with Gasteiger partial charge in [0.1, 0.15) is 5.75 Å². The highest BCUT2D eigenvalue weighted by atomic mass is 16.5. The number of nitrogens with one attached hydrogen (secondary N) is 2. The van der Waals surface area contributed by atoms with E-state index in [1.807, 2.05) is 0 Å². The summed E-state index contributed by atoms with van der Waals surface area (Å²) in [7, 11) is 0. The Morgan fingerprint density at radius 1 is 1.17 bits per heavy atom. The van der Waals surface area contributed by atoms with Crippen LogP contribution in [0.4, 0.5) is 0 Å². The Morgan fingerprint density at radius 3 is 2.52 bits per heavy atom. The van der Waals surface area contributed by atoms with Crippen LogP contribution in [-0.2, 0) is 4.79 Å². The first-order valence-electron chi connectivity index (χ1n) is 8.49. The Kier molecular flexibility index (Phi) is 6.91. The number of hydrogen-bond acceptors (Lipinski definition) is 3. The Balaban J connectivity index is 1.73. The molecule has 1 aliphatic carbocycles. The van der Waals surface area contributed by atoms with E-state index >= 15 is 0 Å². The van der Waals surface area contributed by atoms with Crippen molar-refractivity contribution in [3.63, 3.8) is 0 Å². The first-order chi connectivity index (χ1) is 11.2. The molecule has 2 amide bonds. The molecule has 23 heavy (non-hydrogen) atoms. The van der Waals surface area contributed by atoms with Crippen molar-refractivity contribution in [3.05, 3.63) is 29.8 Å². The van der Waals surface area contributed by atoms with E-state index in [0.717, 1.165) is 31.4 Å². The van der Waals surface area contributed by atoms with Crippen LogP contribution < -0.4 is 15.4 Å². The Bertz CT molecular complexity index is 508. The van der Waals surface area contributed by atoms with E-state index in [1.165, 1.54) is 12.8 Å². The van der Waals surface area contributed by atoms with Gasteiger partial charge in [0.2, 0.25) is 5.91 Å². The number of amides is 2. The van der Waals surface area contributed by atoms with Gasteiger partial charge in [0.15, 0.2) is 0 Å². The molecule has 0 unspecified atom stereocenters. The highest BCUT2D eigenvalue weighted by Gasteiger charge is 2.17. The van der Waals surface area contributed by atoms with Gasteiger partial charge in [0.25, 0.3) is 5.91 Å². The standard InChI is InChI=1S/C18H26N2O3/c1-2-3-12-23-16-10-8-14(9-11-16)18(22)19-13-17(21)20-15-6-4-5-7-15/h8-11,15H,2-7,12-13H2,1H3,(H,19,22)(H,20,21). The number of carbonyl (C=O) groups excluding carboxylic acids is 2. The summed E-state index contributed by atoms with van der Waals surface area (Å²) in [5, 5.41) is 5.60. The van der Waals surface area contributed by atoms with Crippen molar-refractivity contribution >= 4 is 11.8 Å². The molecule has 5 heteroatoms. The minimum absolute atomic E-state index is 0.0179. The molecule has 0 bridgehead atoms. The quantitative estimate of drug-likeness (QED) is 0.724. The van der Waals surface area contributed by atoms with Gasteiger partial charge in [-0.3, -0.25) is 9.59 Å². The average molecular weight is 318 g/mol. The van der Waals surface area contributed by atoms with Crippen LogP contribution in [0.25, 0.3) is 0 Å². The Labute approximate surface area is 137 Å². The topological polar surface area (TPSA) is 67.4 Å². The SMILES string of the molecule is CCCCOc1ccc(C(=O)NCC(=O)NC2CCCC2)cc1. The van der Waals surface area contributed by atoms with E-state index in [1.54, 1.807) is 24.3 Å². The Hall–Kier alpha value is -2.04. The van der Waals surface area contributed by atoms with Gasteiger partial charge in [-0.2, -0.15) is 0 Å². The number of unbranched alkanes of at least 4 members (excludes halogenated alkanes) is 1. The van der Waals surface area contributed by atoms with Gasteiger partial charge in [-0.05, 0) is 43.5 Å². The number of ether oxygens (including phenoxy) is 1. The first-order valence-corrected chi connectivity index (χ1v) is 8.49. The second-order valence-corrected chi connectivity index (χ2v) is 5.96. The monoisotopic (exact) mass is 318 g/mol. The molecule has 1 fully saturated rings. The minimum Gasteiger partial charge on any atom is -0.494 e. The molecule has 5 nitrogen and oxygen atoms in total. The van der Waals surface area contributed by atoms with Crippen LogP contribution in [0.3, 0.4) is 0 Å². The molecular formula is C18H26N2O3. The van der Waals surface area contributed by atoms with Gasteiger partial charge < -0.3 is 15.4 Å². The largest absolute Gasteiger partial charge is 0.494 e. The van der Waals surface area contributed by atoms with E-state index in [9.17, 15) is 9.59 Å². The summed E-state index contributed by atoms with van der Waals surface area (Å²) in [6.45, 7) is 2.81. The molecular weight excluding hydrogens is 292 g/mol. The summed E-state index contributed by atoms with van der Waals surface area (Å²) in [4.78, 5) is 23.8. The van der Waals surface area contributed by atoms with Gasteiger partial charge >= 0.3 is 0 Å². The zero-order chi connectivity index (χ0) is 16.5. The fourth-order valence-electron chi connectivity index (χ4n) is 2.65. The third kappa shape index (κ3) is 5.93. The van der Waals surface area contributed by atoms with E-state index in [2.05, 4.69) is 17.6 Å². The second kappa shape index (κ2) is 9.18. The number of rotatable bonds is 8. The molecule has 0 aromatic heterocycles. The molecule has 1 aromatic rings. The number of benzene rings is 1. The molecule has 1 aliphatic rings. The third-order valence-corrected chi connectivity index (χ3v) is 4.01. The first kappa shape index (κ1) is 17.3. The maximum absolute atomic E-state index is 12.0. The van der Waals surface area contributed by atoms with Crippen LogP contribution in [0.5, 0.6) is 5.75 Å². The van der Waals surface area contributed by atoms with Gasteiger partial charge in [0.05, 0.1) is 13.2 Å². The fraction of sp³-hybridized carbons (Fsp3) is 0.556. The summed E-state index contributed by atoms with van der Waals surface area (Å²) in [6, 6.07) is 7.27. The molecule has 0 heterocycles. The van der Waals surface area contributed by atoms with Crippen LogP contribution >= 0.6 is 0 Å². The van der Waals surface area contributed by atoms with Crippen LogP contribution in [0.15, 0.2) is 24.3 Å². The zero-order valence-electron chi connectivity index (χ0n) is 13.8. The predicted octanol–water partition coefficient (Wildman–Crippen LogP) is 2.65. The van der Waals surface area contributed by atoms with Crippen LogP contribution in [-0.4, -0.2) is 31.0 Å². The summed E-state index contributed by atoms with van der Waals surface area (Å²) < 4.78 is 5.56. The lowest BCUT2D eigenvalue weighted by molar-refractivity contribution is -0.120. The zero-order valence-corrected chi connectivity index (χ0v) is 13.8. The normalized spacial score (nSPS) is 14.5. The average Bonchev–Trinajstić information content (AvgIpc) is 3.06. The smallest absolute Gasteiger partial charge is 0.251 e. The lowest BCUT2D eigenvalue weighted by atomic mass is 10.2. The molecule has 0 spiro atoms. The van der Waals surface area contributed by atoms with Crippen LogP contribution in [0.2, 0.25) is 0 Å². The highest BCUT2D eigenvalue weighted by molar-refractivity contribution is 5.96. The molecule has 2 rings (SSSR count). The van der Waals surface area contributed by atoms with Gasteiger partial charge in [0, 0.05) is 11.6 Å². The van der Waals surface area contributed by atoms with Crippen molar-refractivity contribution in [1.82, 2.24) is 10.6 Å². The molecule has 126 valence electrons. The van der Waals surface area contributed by atoms with E-state index in [-0.39, 0.29) is 24.4 Å². The molecule has 2 N–H and O–H groups in total. The van der Waals surface area contributed by atoms with Gasteiger partial charge in [-0.1, -0.05) is 26.2 Å². The summed E-state index contributed by atoms with van der Waals surface area (Å²) in [5.74, 6) is 0.394. The molecule has 0 aliphatic heterocycles. The van der Waals surface area contributed by atoms with Crippen LogP contribution in [0.1, 0.15) is 55.8 Å². The second-order valence-electron chi connectivity index (χ2n) is 5.96. The van der Waals surface area contributed by atoms with E-state index in [4.69, 9.17) is 4.74 Å². The maximum Gasteiger partial charge on any atom is 0.251 e. The summed E-state index contributed by atoms with van der Waals surface area (Å²) in [5.41, 5.74) is 0.529. The van der Waals surface area contributed by atoms with Gasteiger partial charge in [-0.15, -0.1) is 0 Å². The van der Waals surface area contributed by atoms with Crippen molar-refractivity contribution in [2.24, 2.45) is 0 Å². The Morgan fingerprint density at radius 2 is 1.87 bits per heavy atom. The van der Waals surface area contributed by atoms with Gasteiger partial charge in [-0.25, -0.2) is 0 Å². The van der Waals surface area contributed by atoms with Crippen molar-refractivity contribution in [2.45, 2.75) is 51.5 Å².